The summed E-state index contributed by atoms with van der Waals surface area (Å²) in [5.74, 6) is 0. The van der Waals surface area contributed by atoms with Crippen molar-refractivity contribution in [1.29, 1.82) is 0 Å². The molecule has 0 spiro atoms. The monoisotopic (exact) mass is 226 g/mol. The maximum Gasteiger partial charge on any atom is 0.393 e. The largest absolute Gasteiger partial charge is 0.450 e. The summed E-state index contributed by atoms with van der Waals surface area (Å²) in [5, 5.41) is 3.26. The Kier molecular flexibility index (Phi) is 6.65. The van der Waals surface area contributed by atoms with E-state index in [2.05, 4.69) is 24.1 Å². The lowest BCUT2D eigenvalue weighted by Gasteiger charge is -1.99. The molecule has 1 N–H and O–H groups in total. The van der Waals surface area contributed by atoms with E-state index in [1.54, 1.807) is 6.26 Å². The van der Waals surface area contributed by atoms with Crippen LogP contribution >= 0.6 is 0 Å². The van der Waals surface area contributed by atoms with Gasteiger partial charge in [-0.3, -0.25) is 0 Å². The van der Waals surface area contributed by atoms with E-state index in [-0.39, 0.29) is 0 Å². The smallest absolute Gasteiger partial charge is 0.393 e. The number of hydrogen-bond donors (Lipinski definition) is 1. The highest BCUT2D eigenvalue weighted by atomic mass is 16.6. The molecule has 0 aliphatic rings. The van der Waals surface area contributed by atoms with Crippen molar-refractivity contribution < 1.29 is 9.15 Å². The normalized spacial score (nSPS) is 10.6. The van der Waals surface area contributed by atoms with Gasteiger partial charge in [0.25, 0.3) is 0 Å². The van der Waals surface area contributed by atoms with E-state index in [9.17, 15) is 0 Å². The van der Waals surface area contributed by atoms with Crippen molar-refractivity contribution in [3.05, 3.63) is 12.0 Å². The van der Waals surface area contributed by atoms with Gasteiger partial charge in [-0.15, -0.1) is 0 Å². The van der Waals surface area contributed by atoms with Crippen molar-refractivity contribution in [2.75, 3.05) is 13.2 Å². The van der Waals surface area contributed by atoms with Gasteiger partial charge in [-0.05, 0) is 19.4 Å². The number of aromatic nitrogens is 1. The molecule has 0 radical (unpaired) electrons. The lowest BCUT2D eigenvalue weighted by atomic mass is 10.3. The Bertz CT molecular complexity index is 274. The van der Waals surface area contributed by atoms with Crippen LogP contribution in [0.2, 0.25) is 0 Å². The first-order valence-electron chi connectivity index (χ1n) is 6.14. The highest BCUT2D eigenvalue weighted by Gasteiger charge is 2.03. The standard InChI is InChI=1S/C12H22N2O2/c1-3-5-6-8-15-12-14-11(10-16-12)9-13-7-4-2/h10,13H,3-9H2,1-2H3. The topological polar surface area (TPSA) is 47.3 Å². The molecule has 0 amide bonds. The number of ether oxygens (including phenoxy) is 1. The fraction of sp³-hybridized carbons (Fsp3) is 0.750. The van der Waals surface area contributed by atoms with Gasteiger partial charge in [-0.2, -0.15) is 4.98 Å². The average Bonchev–Trinajstić information content (AvgIpc) is 2.73. The number of unbranched alkanes of at least 4 members (excludes halogenated alkanes) is 2. The highest BCUT2D eigenvalue weighted by molar-refractivity contribution is 4.99. The zero-order chi connectivity index (χ0) is 11.6. The molecule has 0 bridgehead atoms. The van der Waals surface area contributed by atoms with E-state index >= 15 is 0 Å². The van der Waals surface area contributed by atoms with Crippen LogP contribution in [0.1, 0.15) is 45.2 Å². The summed E-state index contributed by atoms with van der Waals surface area (Å²) >= 11 is 0. The molecule has 0 atom stereocenters. The second-order valence-electron chi connectivity index (χ2n) is 3.84. The Hall–Kier alpha value is -1.03. The Balaban J connectivity index is 2.17. The maximum atomic E-state index is 5.39. The first-order valence-corrected chi connectivity index (χ1v) is 6.14. The van der Waals surface area contributed by atoms with Crippen LogP contribution in [0.4, 0.5) is 0 Å². The van der Waals surface area contributed by atoms with Gasteiger partial charge < -0.3 is 14.5 Å². The van der Waals surface area contributed by atoms with Crippen molar-refractivity contribution in [2.24, 2.45) is 0 Å². The molecule has 1 heterocycles. The third kappa shape index (κ3) is 5.16. The molecule has 1 rings (SSSR count). The summed E-state index contributed by atoms with van der Waals surface area (Å²) in [7, 11) is 0. The Labute approximate surface area is 97.4 Å². The molecule has 16 heavy (non-hydrogen) atoms. The number of nitrogens with one attached hydrogen (secondary N) is 1. The van der Waals surface area contributed by atoms with E-state index < -0.39 is 0 Å². The molecule has 4 nitrogen and oxygen atoms in total. The average molecular weight is 226 g/mol. The van der Waals surface area contributed by atoms with Crippen molar-refractivity contribution >= 4 is 0 Å². The molecule has 4 heteroatoms. The minimum absolute atomic E-state index is 0.393. The van der Waals surface area contributed by atoms with Crippen molar-refractivity contribution in [3.63, 3.8) is 0 Å². The van der Waals surface area contributed by atoms with E-state index in [1.165, 1.54) is 12.8 Å². The summed E-state index contributed by atoms with van der Waals surface area (Å²) in [6.07, 6.45) is 6.61. The van der Waals surface area contributed by atoms with Gasteiger partial charge in [0.2, 0.25) is 0 Å². The predicted octanol–water partition coefficient (Wildman–Crippen LogP) is 2.74. The molecule has 0 saturated heterocycles. The fourth-order valence-electron chi connectivity index (χ4n) is 1.34. The summed E-state index contributed by atoms with van der Waals surface area (Å²) in [5.41, 5.74) is 0.902. The lowest BCUT2D eigenvalue weighted by molar-refractivity contribution is 0.224. The van der Waals surface area contributed by atoms with E-state index in [1.807, 2.05) is 0 Å². The molecule has 1 aromatic heterocycles. The van der Waals surface area contributed by atoms with Crippen molar-refractivity contribution in [3.8, 4) is 6.08 Å². The van der Waals surface area contributed by atoms with E-state index in [0.717, 1.165) is 31.6 Å². The van der Waals surface area contributed by atoms with Gasteiger partial charge >= 0.3 is 6.08 Å². The van der Waals surface area contributed by atoms with Crippen molar-refractivity contribution in [1.82, 2.24) is 10.3 Å². The molecule has 0 saturated carbocycles. The molecule has 1 aromatic rings. The maximum absolute atomic E-state index is 5.39. The molecule has 0 unspecified atom stereocenters. The number of rotatable bonds is 9. The van der Waals surface area contributed by atoms with Gasteiger partial charge in [0.1, 0.15) is 6.26 Å². The second-order valence-corrected chi connectivity index (χ2v) is 3.84. The van der Waals surface area contributed by atoms with Gasteiger partial charge in [0.15, 0.2) is 0 Å². The highest BCUT2D eigenvalue weighted by Crippen LogP contribution is 2.10. The van der Waals surface area contributed by atoms with Crippen LogP contribution in [0.5, 0.6) is 6.08 Å². The van der Waals surface area contributed by atoms with E-state index in [0.29, 0.717) is 12.7 Å². The molecular formula is C12H22N2O2. The molecule has 92 valence electrons. The minimum atomic E-state index is 0.393. The first-order chi connectivity index (χ1) is 7.86. The minimum Gasteiger partial charge on any atom is -0.450 e. The summed E-state index contributed by atoms with van der Waals surface area (Å²) in [4.78, 5) is 4.23. The second kappa shape index (κ2) is 8.16. The van der Waals surface area contributed by atoms with Crippen LogP contribution < -0.4 is 10.1 Å². The van der Waals surface area contributed by atoms with Gasteiger partial charge in [-0.1, -0.05) is 26.7 Å². The third-order valence-corrected chi connectivity index (χ3v) is 2.24. The summed E-state index contributed by atoms with van der Waals surface area (Å²) in [6.45, 7) is 6.74. The van der Waals surface area contributed by atoms with Crippen LogP contribution in [-0.2, 0) is 6.54 Å². The number of nitrogens with zero attached hydrogens (tertiary/aromatic N) is 1. The van der Waals surface area contributed by atoms with Crippen molar-refractivity contribution in [2.45, 2.75) is 46.1 Å². The third-order valence-electron chi connectivity index (χ3n) is 2.24. The molecule has 0 aliphatic carbocycles. The Morgan fingerprint density at radius 1 is 1.31 bits per heavy atom. The SMILES string of the molecule is CCCCCOc1nc(CNCCC)co1. The van der Waals surface area contributed by atoms with E-state index in [4.69, 9.17) is 9.15 Å². The Morgan fingerprint density at radius 3 is 2.94 bits per heavy atom. The van der Waals surface area contributed by atoms with Crippen LogP contribution in [0.3, 0.4) is 0 Å². The van der Waals surface area contributed by atoms with Crippen LogP contribution in [0.15, 0.2) is 10.7 Å². The molecule has 0 fully saturated rings. The first kappa shape index (κ1) is 13.0. The fourth-order valence-corrected chi connectivity index (χ4v) is 1.34. The summed E-state index contributed by atoms with van der Waals surface area (Å²) < 4.78 is 10.6. The zero-order valence-electron chi connectivity index (χ0n) is 10.3. The number of oxazole rings is 1. The molecule has 0 aliphatic heterocycles. The quantitative estimate of drug-likeness (QED) is 0.658. The van der Waals surface area contributed by atoms with Gasteiger partial charge in [-0.25, -0.2) is 0 Å². The molecule has 0 aromatic carbocycles. The van der Waals surface area contributed by atoms with Crippen LogP contribution in [-0.4, -0.2) is 18.1 Å². The molecular weight excluding hydrogens is 204 g/mol. The summed E-state index contributed by atoms with van der Waals surface area (Å²) in [6, 6.07) is 0. The van der Waals surface area contributed by atoms with Crippen LogP contribution in [0, 0.1) is 0 Å². The van der Waals surface area contributed by atoms with Gasteiger partial charge in [0, 0.05) is 6.54 Å². The lowest BCUT2D eigenvalue weighted by Crippen LogP contribution is -2.13. The number of hydrogen-bond acceptors (Lipinski definition) is 4. The van der Waals surface area contributed by atoms with Crippen LogP contribution in [0.25, 0.3) is 0 Å². The Morgan fingerprint density at radius 2 is 2.19 bits per heavy atom. The van der Waals surface area contributed by atoms with Gasteiger partial charge in [0.05, 0.1) is 12.3 Å². The zero-order valence-corrected chi connectivity index (χ0v) is 10.3. The predicted molar refractivity (Wildman–Crippen MR) is 63.5 cm³/mol.